The normalized spacial score (nSPS) is 40.5. The molecule has 2 saturated heterocycles. The van der Waals surface area contributed by atoms with Crippen LogP contribution in [0.25, 0.3) is 0 Å². The molecule has 1 saturated carbocycles. The Balaban J connectivity index is 1.98. The van der Waals surface area contributed by atoms with Crippen LogP contribution in [0.1, 0.15) is 26.7 Å². The molecule has 1 aliphatic carbocycles. The molecular weight excluding hydrogens is 148 g/mol. The molecule has 2 nitrogen and oxygen atoms in total. The molecule has 0 aromatic heterocycles. The molecule has 3 rings (SSSR count). The molecule has 2 heteroatoms. The Kier molecular flexibility index (Phi) is 1.92. The molecule has 0 unspecified atom stereocenters. The Hall–Kier alpha value is -0.0800. The Morgan fingerprint density at radius 1 is 1.50 bits per heavy atom. The van der Waals surface area contributed by atoms with E-state index in [1.807, 2.05) is 0 Å². The smallest absolute Gasteiger partial charge is 0.0338 e. The highest BCUT2D eigenvalue weighted by molar-refractivity contribution is 5.10. The second kappa shape index (κ2) is 2.71. The highest BCUT2D eigenvalue weighted by Crippen LogP contribution is 2.49. The predicted octanol–water partition coefficient (Wildman–Crippen LogP) is 1.07. The van der Waals surface area contributed by atoms with Crippen LogP contribution in [0.2, 0.25) is 0 Å². The SMILES string of the molecule is CC(C)CN1CC2CC1(CN)C2. The van der Waals surface area contributed by atoms with Crippen molar-refractivity contribution < 1.29 is 0 Å². The Labute approximate surface area is 75.1 Å². The predicted molar refractivity (Wildman–Crippen MR) is 50.9 cm³/mol. The number of rotatable bonds is 3. The van der Waals surface area contributed by atoms with Crippen LogP contribution in [0, 0.1) is 11.8 Å². The quantitative estimate of drug-likeness (QED) is 0.683. The van der Waals surface area contributed by atoms with Crippen molar-refractivity contribution >= 4 is 0 Å². The first-order valence-corrected chi connectivity index (χ1v) is 5.11. The second-order valence-electron chi connectivity index (χ2n) is 5.00. The molecule has 3 fully saturated rings. The van der Waals surface area contributed by atoms with Gasteiger partial charge in [0.2, 0.25) is 0 Å². The van der Waals surface area contributed by atoms with Crippen LogP contribution in [0.5, 0.6) is 0 Å². The maximum Gasteiger partial charge on any atom is 0.0338 e. The van der Waals surface area contributed by atoms with Gasteiger partial charge in [0.1, 0.15) is 0 Å². The summed E-state index contributed by atoms with van der Waals surface area (Å²) in [5, 5.41) is 0. The summed E-state index contributed by atoms with van der Waals surface area (Å²) in [6, 6.07) is 0. The third kappa shape index (κ3) is 1.09. The van der Waals surface area contributed by atoms with Gasteiger partial charge in [-0.1, -0.05) is 13.8 Å². The van der Waals surface area contributed by atoms with Crippen molar-refractivity contribution in [2.75, 3.05) is 19.6 Å². The van der Waals surface area contributed by atoms with Crippen LogP contribution >= 0.6 is 0 Å². The molecule has 2 aliphatic heterocycles. The van der Waals surface area contributed by atoms with Crippen molar-refractivity contribution in [3.63, 3.8) is 0 Å². The summed E-state index contributed by atoms with van der Waals surface area (Å²) in [6.07, 6.45) is 2.74. The Morgan fingerprint density at radius 3 is 2.67 bits per heavy atom. The van der Waals surface area contributed by atoms with E-state index in [0.717, 1.165) is 18.4 Å². The van der Waals surface area contributed by atoms with E-state index in [1.54, 1.807) is 0 Å². The lowest BCUT2D eigenvalue weighted by Crippen LogP contribution is -2.52. The van der Waals surface area contributed by atoms with Gasteiger partial charge in [0, 0.05) is 25.2 Å². The van der Waals surface area contributed by atoms with Gasteiger partial charge in [0.25, 0.3) is 0 Å². The summed E-state index contributed by atoms with van der Waals surface area (Å²) in [5.74, 6) is 1.76. The molecule has 0 radical (unpaired) electrons. The number of nitrogens with zero attached hydrogens (tertiary/aromatic N) is 1. The summed E-state index contributed by atoms with van der Waals surface area (Å²) in [7, 11) is 0. The third-order valence-corrected chi connectivity index (χ3v) is 3.45. The standard InChI is InChI=1S/C10H20N2/c1-8(2)5-12-6-9-3-10(12,4-9)7-11/h8-9H,3-7,11H2,1-2H3. The van der Waals surface area contributed by atoms with E-state index in [1.165, 1.54) is 25.9 Å². The van der Waals surface area contributed by atoms with E-state index in [0.29, 0.717) is 5.54 Å². The fraction of sp³-hybridized carbons (Fsp3) is 1.00. The van der Waals surface area contributed by atoms with Gasteiger partial charge in [-0.2, -0.15) is 0 Å². The third-order valence-electron chi connectivity index (χ3n) is 3.45. The van der Waals surface area contributed by atoms with Gasteiger partial charge in [0.05, 0.1) is 0 Å². The lowest BCUT2D eigenvalue weighted by Gasteiger charge is -2.42. The van der Waals surface area contributed by atoms with Crippen LogP contribution in [0.15, 0.2) is 0 Å². The first-order valence-electron chi connectivity index (χ1n) is 5.11. The number of nitrogens with two attached hydrogens (primary N) is 1. The minimum absolute atomic E-state index is 0.439. The molecule has 70 valence electrons. The zero-order valence-corrected chi connectivity index (χ0v) is 8.21. The molecule has 0 aromatic rings. The Bertz CT molecular complexity index is 171. The summed E-state index contributed by atoms with van der Waals surface area (Å²) >= 11 is 0. The van der Waals surface area contributed by atoms with Crippen LogP contribution in [-0.2, 0) is 0 Å². The minimum atomic E-state index is 0.439. The summed E-state index contributed by atoms with van der Waals surface area (Å²) in [6.45, 7) is 8.01. The average Bonchev–Trinajstić information content (AvgIpc) is 2.38. The average molecular weight is 168 g/mol. The van der Waals surface area contributed by atoms with Crippen molar-refractivity contribution in [2.24, 2.45) is 17.6 Å². The summed E-state index contributed by atoms with van der Waals surface area (Å²) in [4.78, 5) is 2.63. The van der Waals surface area contributed by atoms with Crippen molar-refractivity contribution in [3.8, 4) is 0 Å². The molecule has 2 heterocycles. The highest BCUT2D eigenvalue weighted by Gasteiger charge is 2.54. The van der Waals surface area contributed by atoms with Crippen LogP contribution < -0.4 is 5.73 Å². The van der Waals surface area contributed by atoms with Gasteiger partial charge in [-0.05, 0) is 24.7 Å². The van der Waals surface area contributed by atoms with Crippen molar-refractivity contribution in [3.05, 3.63) is 0 Å². The van der Waals surface area contributed by atoms with Gasteiger partial charge >= 0.3 is 0 Å². The van der Waals surface area contributed by atoms with E-state index in [4.69, 9.17) is 5.73 Å². The number of hydrogen-bond acceptors (Lipinski definition) is 2. The first-order chi connectivity index (χ1) is 5.66. The first kappa shape index (κ1) is 8.52. The van der Waals surface area contributed by atoms with Gasteiger partial charge in [-0.3, -0.25) is 4.90 Å². The summed E-state index contributed by atoms with van der Waals surface area (Å²) in [5.41, 5.74) is 6.27. The van der Waals surface area contributed by atoms with Crippen LogP contribution in [0.3, 0.4) is 0 Å². The molecule has 3 aliphatic rings. The molecule has 0 amide bonds. The zero-order chi connectivity index (χ0) is 8.77. The van der Waals surface area contributed by atoms with E-state index >= 15 is 0 Å². The maximum absolute atomic E-state index is 5.83. The van der Waals surface area contributed by atoms with Crippen LogP contribution in [0.4, 0.5) is 0 Å². The van der Waals surface area contributed by atoms with E-state index in [2.05, 4.69) is 18.7 Å². The molecule has 12 heavy (non-hydrogen) atoms. The van der Waals surface area contributed by atoms with Crippen LogP contribution in [-0.4, -0.2) is 30.1 Å². The van der Waals surface area contributed by atoms with Crippen molar-refractivity contribution in [2.45, 2.75) is 32.2 Å². The molecular formula is C10H20N2. The van der Waals surface area contributed by atoms with E-state index in [-0.39, 0.29) is 0 Å². The summed E-state index contributed by atoms with van der Waals surface area (Å²) < 4.78 is 0. The zero-order valence-electron chi connectivity index (χ0n) is 8.21. The van der Waals surface area contributed by atoms with Gasteiger partial charge in [-0.15, -0.1) is 0 Å². The van der Waals surface area contributed by atoms with Gasteiger partial charge in [-0.25, -0.2) is 0 Å². The fourth-order valence-corrected chi connectivity index (χ4v) is 2.91. The van der Waals surface area contributed by atoms with E-state index < -0.39 is 0 Å². The van der Waals surface area contributed by atoms with Crippen molar-refractivity contribution in [1.82, 2.24) is 4.90 Å². The lowest BCUT2D eigenvalue weighted by molar-refractivity contribution is 0.106. The molecule has 2 bridgehead atoms. The lowest BCUT2D eigenvalue weighted by atomic mass is 9.73. The molecule has 0 aromatic carbocycles. The topological polar surface area (TPSA) is 29.3 Å². The second-order valence-corrected chi connectivity index (χ2v) is 5.00. The largest absolute Gasteiger partial charge is 0.329 e. The Morgan fingerprint density at radius 2 is 2.17 bits per heavy atom. The van der Waals surface area contributed by atoms with E-state index in [9.17, 15) is 0 Å². The van der Waals surface area contributed by atoms with Crippen molar-refractivity contribution in [1.29, 1.82) is 0 Å². The van der Waals surface area contributed by atoms with Gasteiger partial charge < -0.3 is 5.73 Å². The number of hydrogen-bond donors (Lipinski definition) is 1. The number of fused-ring (bicyclic) bond motifs is 1. The molecule has 0 atom stereocenters. The monoisotopic (exact) mass is 168 g/mol. The molecule has 0 spiro atoms. The van der Waals surface area contributed by atoms with Gasteiger partial charge in [0.15, 0.2) is 0 Å². The fourth-order valence-electron chi connectivity index (χ4n) is 2.91. The highest BCUT2D eigenvalue weighted by atomic mass is 15.3. The maximum atomic E-state index is 5.83. The molecule has 2 N–H and O–H groups in total. The minimum Gasteiger partial charge on any atom is -0.329 e.